The van der Waals surface area contributed by atoms with Gasteiger partial charge in [-0.3, -0.25) is 4.79 Å². The van der Waals surface area contributed by atoms with E-state index in [0.717, 1.165) is 17.2 Å². The van der Waals surface area contributed by atoms with Crippen molar-refractivity contribution in [2.75, 3.05) is 0 Å². The van der Waals surface area contributed by atoms with E-state index in [1.54, 1.807) is 48.5 Å². The molecule has 0 heterocycles. The lowest BCUT2D eigenvalue weighted by Gasteiger charge is -2.24. The average Bonchev–Trinajstić information content (AvgIpc) is 2.94. The van der Waals surface area contributed by atoms with Crippen molar-refractivity contribution in [3.8, 4) is 11.5 Å². The summed E-state index contributed by atoms with van der Waals surface area (Å²) in [5.41, 5.74) is -0.00172. The Kier molecular flexibility index (Phi) is 8.24. The first-order chi connectivity index (χ1) is 19.1. The van der Waals surface area contributed by atoms with Gasteiger partial charge in [0, 0.05) is 13.1 Å². The number of carboxylic acid groups (broad SMARTS) is 3. The number of hydrogen-bond donors (Lipinski definition) is 3. The van der Waals surface area contributed by atoms with E-state index in [9.17, 15) is 34.5 Å². The molecule has 0 saturated carbocycles. The minimum Gasteiger partial charge on any atom is -0.478 e. The summed E-state index contributed by atoms with van der Waals surface area (Å²) >= 11 is 0. The smallest absolute Gasteiger partial charge is 0.336 e. The molecule has 4 rings (SSSR count). The minimum atomic E-state index is -1.62. The summed E-state index contributed by atoms with van der Waals surface area (Å²) in [5.74, 6) is -4.24. The number of aryl methyl sites for hydroxylation is 1. The average molecular weight is 540 g/mol. The molecule has 0 aliphatic carbocycles. The first kappa shape index (κ1) is 27.6. The Labute approximate surface area is 229 Å². The fourth-order valence-electron chi connectivity index (χ4n) is 4.16. The number of carbonyl (C=O) groups excluding carboxylic acids is 1. The van der Waals surface area contributed by atoms with Crippen LogP contribution in [0.15, 0.2) is 91.0 Å². The fourth-order valence-corrected chi connectivity index (χ4v) is 4.16. The molecule has 40 heavy (non-hydrogen) atoms. The third kappa shape index (κ3) is 6.33. The molecule has 0 radical (unpaired) electrons. The van der Waals surface area contributed by atoms with E-state index in [4.69, 9.17) is 4.74 Å². The summed E-state index contributed by atoms with van der Waals surface area (Å²) < 4.78 is 5.94. The van der Waals surface area contributed by atoms with Crippen LogP contribution in [0.1, 0.15) is 58.1 Å². The maximum Gasteiger partial charge on any atom is 0.336 e. The fraction of sp³-hybridized carbons (Fsp3) is 0.0968. The number of carbonyl (C=O) groups is 4. The molecule has 1 amide bonds. The molecule has 9 nitrogen and oxygen atoms in total. The van der Waals surface area contributed by atoms with Crippen LogP contribution in [-0.4, -0.2) is 44.0 Å². The van der Waals surface area contributed by atoms with Crippen molar-refractivity contribution in [1.82, 2.24) is 4.90 Å². The van der Waals surface area contributed by atoms with Gasteiger partial charge < -0.3 is 25.0 Å². The van der Waals surface area contributed by atoms with Crippen molar-refractivity contribution in [3.63, 3.8) is 0 Å². The summed E-state index contributed by atoms with van der Waals surface area (Å²) in [5, 5.41) is 28.7. The largest absolute Gasteiger partial charge is 0.478 e. The van der Waals surface area contributed by atoms with E-state index in [2.05, 4.69) is 0 Å². The Morgan fingerprint density at radius 2 is 1.10 bits per heavy atom. The van der Waals surface area contributed by atoms with E-state index in [0.29, 0.717) is 23.1 Å². The highest BCUT2D eigenvalue weighted by Crippen LogP contribution is 2.26. The van der Waals surface area contributed by atoms with Crippen LogP contribution in [-0.2, 0) is 13.1 Å². The number of para-hydroxylation sites is 1. The number of aromatic carboxylic acids is 3. The molecule has 0 spiro atoms. The van der Waals surface area contributed by atoms with Crippen LogP contribution in [0.5, 0.6) is 11.5 Å². The van der Waals surface area contributed by atoms with Crippen LogP contribution in [0.25, 0.3) is 0 Å². The van der Waals surface area contributed by atoms with Gasteiger partial charge in [0.05, 0.1) is 22.3 Å². The molecule has 0 saturated heterocycles. The first-order valence-electron chi connectivity index (χ1n) is 12.2. The second kappa shape index (κ2) is 12.0. The quantitative estimate of drug-likeness (QED) is 0.232. The van der Waals surface area contributed by atoms with Gasteiger partial charge in [0.25, 0.3) is 5.91 Å². The Morgan fingerprint density at radius 1 is 0.625 bits per heavy atom. The van der Waals surface area contributed by atoms with Crippen molar-refractivity contribution >= 4 is 23.8 Å². The summed E-state index contributed by atoms with van der Waals surface area (Å²) in [7, 11) is 0. The zero-order valence-corrected chi connectivity index (χ0v) is 21.4. The normalized spacial score (nSPS) is 10.5. The SMILES string of the molecule is Cc1ccccc1Oc1ccc(CN(Cc2ccccc2)C(=O)c2cc(C(=O)O)c(C(=O)O)cc2C(=O)O)cc1. The molecular formula is C31H25NO8. The van der Waals surface area contributed by atoms with Crippen LogP contribution >= 0.6 is 0 Å². The van der Waals surface area contributed by atoms with Gasteiger partial charge in [-0.05, 0) is 53.9 Å². The Morgan fingerprint density at radius 3 is 1.65 bits per heavy atom. The summed E-state index contributed by atoms with van der Waals surface area (Å²) in [4.78, 5) is 50.5. The topological polar surface area (TPSA) is 141 Å². The minimum absolute atomic E-state index is 0.0561. The molecule has 3 N–H and O–H groups in total. The number of amides is 1. The molecule has 0 fully saturated rings. The van der Waals surface area contributed by atoms with Gasteiger partial charge in [-0.1, -0.05) is 60.7 Å². The van der Waals surface area contributed by atoms with Gasteiger partial charge in [-0.2, -0.15) is 0 Å². The van der Waals surface area contributed by atoms with Crippen LogP contribution in [0.3, 0.4) is 0 Å². The van der Waals surface area contributed by atoms with E-state index in [-0.39, 0.29) is 13.1 Å². The second-order valence-electron chi connectivity index (χ2n) is 9.02. The Bertz CT molecular complexity index is 1580. The highest BCUT2D eigenvalue weighted by Gasteiger charge is 2.28. The lowest BCUT2D eigenvalue weighted by molar-refractivity contribution is 0.0643. The predicted molar refractivity (Wildman–Crippen MR) is 145 cm³/mol. The van der Waals surface area contributed by atoms with Crippen LogP contribution in [0, 0.1) is 6.92 Å². The third-order valence-electron chi connectivity index (χ3n) is 6.20. The number of hydrogen-bond acceptors (Lipinski definition) is 5. The van der Waals surface area contributed by atoms with Gasteiger partial charge in [0.1, 0.15) is 11.5 Å². The highest BCUT2D eigenvalue weighted by atomic mass is 16.5. The van der Waals surface area contributed by atoms with E-state index < -0.39 is 46.1 Å². The van der Waals surface area contributed by atoms with Crippen LogP contribution < -0.4 is 4.74 Å². The van der Waals surface area contributed by atoms with Gasteiger partial charge in [0.15, 0.2) is 0 Å². The van der Waals surface area contributed by atoms with Crippen molar-refractivity contribution in [1.29, 1.82) is 0 Å². The molecule has 4 aromatic rings. The first-order valence-corrected chi connectivity index (χ1v) is 12.2. The molecular weight excluding hydrogens is 514 g/mol. The lowest BCUT2D eigenvalue weighted by atomic mass is 9.96. The van der Waals surface area contributed by atoms with Gasteiger partial charge >= 0.3 is 17.9 Å². The molecule has 0 aromatic heterocycles. The summed E-state index contributed by atoms with van der Waals surface area (Å²) in [6, 6.07) is 25.1. The zero-order valence-electron chi connectivity index (χ0n) is 21.4. The van der Waals surface area contributed by atoms with Crippen molar-refractivity contribution in [2.24, 2.45) is 0 Å². The third-order valence-corrected chi connectivity index (χ3v) is 6.20. The standard InChI is InChI=1S/C31H25NO8/c1-19-7-5-6-10-27(19)40-22-13-11-21(12-14-22)18-32(17-20-8-3-2-4-9-20)28(33)23-15-25(30(36)37)26(31(38)39)16-24(23)29(34)35/h2-16H,17-18H2,1H3,(H,34,35)(H,36,37)(H,38,39). The summed E-state index contributed by atoms with van der Waals surface area (Å²) in [6.07, 6.45) is 0. The molecule has 4 aromatic carbocycles. The van der Waals surface area contributed by atoms with E-state index in [1.807, 2.05) is 37.3 Å². The Balaban J connectivity index is 1.69. The molecule has 0 atom stereocenters. The number of benzene rings is 4. The van der Waals surface area contributed by atoms with Gasteiger partial charge in [-0.25, -0.2) is 14.4 Å². The van der Waals surface area contributed by atoms with Crippen molar-refractivity contribution in [3.05, 3.63) is 130 Å². The maximum atomic E-state index is 13.8. The number of rotatable bonds is 10. The molecule has 0 aliphatic heterocycles. The van der Waals surface area contributed by atoms with Crippen LogP contribution in [0.2, 0.25) is 0 Å². The predicted octanol–water partition coefficient (Wildman–Crippen LogP) is 5.72. The second-order valence-corrected chi connectivity index (χ2v) is 9.02. The molecule has 202 valence electrons. The molecule has 0 bridgehead atoms. The van der Waals surface area contributed by atoms with E-state index >= 15 is 0 Å². The van der Waals surface area contributed by atoms with Gasteiger partial charge in [0.2, 0.25) is 0 Å². The van der Waals surface area contributed by atoms with Crippen LogP contribution in [0.4, 0.5) is 0 Å². The monoisotopic (exact) mass is 539 g/mol. The van der Waals surface area contributed by atoms with Gasteiger partial charge in [-0.15, -0.1) is 0 Å². The van der Waals surface area contributed by atoms with E-state index in [1.165, 1.54) is 4.90 Å². The Hall–Kier alpha value is -5.44. The lowest BCUT2D eigenvalue weighted by Crippen LogP contribution is -2.32. The molecule has 0 unspecified atom stereocenters. The van der Waals surface area contributed by atoms with Crippen molar-refractivity contribution in [2.45, 2.75) is 20.0 Å². The number of nitrogens with zero attached hydrogens (tertiary/aromatic N) is 1. The number of carboxylic acids is 3. The molecule has 0 aliphatic rings. The highest BCUT2D eigenvalue weighted by molar-refractivity contribution is 6.10. The summed E-state index contributed by atoms with van der Waals surface area (Å²) in [6.45, 7) is 2.07. The maximum absolute atomic E-state index is 13.8. The van der Waals surface area contributed by atoms with Crippen molar-refractivity contribution < 1.29 is 39.2 Å². The number of ether oxygens (including phenoxy) is 1. The zero-order chi connectivity index (χ0) is 28.8. The molecule has 9 heteroatoms.